The summed E-state index contributed by atoms with van der Waals surface area (Å²) in [5, 5.41) is 6.16. The van der Waals surface area contributed by atoms with Crippen LogP contribution in [0.1, 0.15) is 11.1 Å². The van der Waals surface area contributed by atoms with Gasteiger partial charge in [0.1, 0.15) is 5.65 Å². The first-order valence-electron chi connectivity index (χ1n) is 12.6. The lowest BCUT2D eigenvalue weighted by Gasteiger charge is -2.10. The topological polar surface area (TPSA) is 35.1 Å². The standard InChI is InChI=1S/C33H20N4/c1-2-7-21(8-3-1)37-29-11-10-23-22-9-5-4-6-20(22)16-26(23)32(29)28-17-27-25(18-30(28)37)24-12-13-34-19-31(24)36-15-14-35-33(27)36/h1-15,17-19H,16H2. The van der Waals surface area contributed by atoms with Crippen molar-refractivity contribution in [2.45, 2.75) is 6.42 Å². The van der Waals surface area contributed by atoms with Gasteiger partial charge in [-0.1, -0.05) is 48.5 Å². The van der Waals surface area contributed by atoms with Gasteiger partial charge in [-0.2, -0.15) is 0 Å². The molecule has 0 saturated carbocycles. The zero-order valence-corrected chi connectivity index (χ0v) is 19.9. The first kappa shape index (κ1) is 19.3. The van der Waals surface area contributed by atoms with Crippen molar-refractivity contribution in [2.24, 2.45) is 0 Å². The normalized spacial score (nSPS) is 12.8. The molecule has 172 valence electrons. The number of hydrogen-bond acceptors (Lipinski definition) is 2. The van der Waals surface area contributed by atoms with Crippen LogP contribution in [-0.2, 0) is 6.42 Å². The summed E-state index contributed by atoms with van der Waals surface area (Å²) in [5.41, 5.74) is 11.2. The zero-order valence-electron chi connectivity index (χ0n) is 19.9. The molecule has 0 N–H and O–H groups in total. The summed E-state index contributed by atoms with van der Waals surface area (Å²) in [6, 6.07) is 31.0. The second-order valence-corrected chi connectivity index (χ2v) is 9.92. The van der Waals surface area contributed by atoms with Crippen LogP contribution in [0, 0.1) is 0 Å². The van der Waals surface area contributed by atoms with Gasteiger partial charge in [-0.15, -0.1) is 0 Å². The molecule has 0 amide bonds. The maximum absolute atomic E-state index is 4.78. The Balaban J connectivity index is 1.53. The van der Waals surface area contributed by atoms with Crippen molar-refractivity contribution in [3.63, 3.8) is 0 Å². The van der Waals surface area contributed by atoms with Gasteiger partial charge in [0.25, 0.3) is 0 Å². The second kappa shape index (κ2) is 6.83. The number of fused-ring (bicyclic) bond motifs is 13. The molecule has 4 heterocycles. The van der Waals surface area contributed by atoms with Gasteiger partial charge in [0.15, 0.2) is 0 Å². The van der Waals surface area contributed by atoms with Crippen LogP contribution in [-0.4, -0.2) is 18.9 Å². The van der Waals surface area contributed by atoms with Crippen molar-refractivity contribution in [3.8, 4) is 16.8 Å². The second-order valence-electron chi connectivity index (χ2n) is 9.92. The van der Waals surface area contributed by atoms with Gasteiger partial charge in [0, 0.05) is 45.8 Å². The zero-order chi connectivity index (χ0) is 24.1. The average molecular weight is 473 g/mol. The van der Waals surface area contributed by atoms with Crippen LogP contribution < -0.4 is 0 Å². The van der Waals surface area contributed by atoms with E-state index in [2.05, 4.69) is 98.9 Å². The molecule has 1 aliphatic rings. The highest BCUT2D eigenvalue weighted by atomic mass is 15.0. The monoisotopic (exact) mass is 472 g/mol. The van der Waals surface area contributed by atoms with E-state index in [1.54, 1.807) is 0 Å². The Kier molecular flexibility index (Phi) is 3.55. The molecule has 4 aromatic heterocycles. The first-order valence-corrected chi connectivity index (χ1v) is 12.6. The number of benzene rings is 4. The van der Waals surface area contributed by atoms with Crippen LogP contribution in [0.25, 0.3) is 65.9 Å². The maximum atomic E-state index is 4.78. The SMILES string of the molecule is c1ccc(-n2c3cc4c5ccncc5n5ccnc5c4cc3c3c4c(ccc32)-c2ccccc2C4)cc1. The Morgan fingerprint density at radius 2 is 1.54 bits per heavy atom. The van der Waals surface area contributed by atoms with Crippen molar-refractivity contribution in [2.75, 3.05) is 0 Å². The Labute approximate surface area is 212 Å². The molecule has 4 heteroatoms. The number of nitrogens with zero attached hydrogens (tertiary/aromatic N) is 4. The quantitative estimate of drug-likeness (QED) is 0.229. The molecule has 0 atom stereocenters. The van der Waals surface area contributed by atoms with Gasteiger partial charge in [-0.3, -0.25) is 9.38 Å². The molecular formula is C33H20N4. The van der Waals surface area contributed by atoms with E-state index in [0.29, 0.717) is 0 Å². The number of rotatable bonds is 1. The summed E-state index contributed by atoms with van der Waals surface area (Å²) < 4.78 is 4.59. The first-order chi connectivity index (χ1) is 18.4. The fourth-order valence-corrected chi connectivity index (χ4v) is 6.56. The molecular weight excluding hydrogens is 452 g/mol. The lowest BCUT2D eigenvalue weighted by atomic mass is 9.99. The number of para-hydroxylation sites is 1. The average Bonchev–Trinajstić information content (AvgIpc) is 3.66. The molecule has 0 spiro atoms. The minimum atomic E-state index is 0.955. The van der Waals surface area contributed by atoms with Crippen LogP contribution in [0.5, 0.6) is 0 Å². The van der Waals surface area contributed by atoms with E-state index in [9.17, 15) is 0 Å². The third-order valence-electron chi connectivity index (χ3n) is 8.10. The molecule has 4 aromatic carbocycles. The van der Waals surface area contributed by atoms with Gasteiger partial charge < -0.3 is 4.57 Å². The smallest absolute Gasteiger partial charge is 0.145 e. The predicted octanol–water partition coefficient (Wildman–Crippen LogP) is 7.70. The van der Waals surface area contributed by atoms with Gasteiger partial charge in [0.05, 0.1) is 22.7 Å². The van der Waals surface area contributed by atoms with E-state index in [4.69, 9.17) is 4.98 Å². The van der Waals surface area contributed by atoms with Crippen LogP contribution in [0.15, 0.2) is 110 Å². The number of aromatic nitrogens is 4. The molecule has 0 aliphatic heterocycles. The van der Waals surface area contributed by atoms with Crippen molar-refractivity contribution in [1.82, 2.24) is 18.9 Å². The summed E-state index contributed by atoms with van der Waals surface area (Å²) in [4.78, 5) is 9.20. The molecule has 0 fully saturated rings. The van der Waals surface area contributed by atoms with Crippen LogP contribution in [0.4, 0.5) is 0 Å². The molecule has 0 radical (unpaired) electrons. The van der Waals surface area contributed by atoms with Crippen molar-refractivity contribution in [3.05, 3.63) is 121 Å². The van der Waals surface area contributed by atoms with Crippen molar-refractivity contribution < 1.29 is 0 Å². The lowest BCUT2D eigenvalue weighted by molar-refractivity contribution is 1.18. The predicted molar refractivity (Wildman–Crippen MR) is 151 cm³/mol. The molecule has 9 rings (SSSR count). The van der Waals surface area contributed by atoms with Gasteiger partial charge >= 0.3 is 0 Å². The highest BCUT2D eigenvalue weighted by Gasteiger charge is 2.25. The number of hydrogen-bond donors (Lipinski definition) is 0. The fraction of sp³-hybridized carbons (Fsp3) is 0.0303. The van der Waals surface area contributed by atoms with Crippen LogP contribution >= 0.6 is 0 Å². The van der Waals surface area contributed by atoms with E-state index in [1.165, 1.54) is 60.5 Å². The Bertz CT molecular complexity index is 2220. The molecule has 1 aliphatic carbocycles. The molecule has 0 unspecified atom stereocenters. The highest BCUT2D eigenvalue weighted by Crippen LogP contribution is 2.45. The van der Waals surface area contributed by atoms with E-state index in [-0.39, 0.29) is 0 Å². The fourth-order valence-electron chi connectivity index (χ4n) is 6.56. The summed E-state index contributed by atoms with van der Waals surface area (Å²) in [6.45, 7) is 0. The molecule has 37 heavy (non-hydrogen) atoms. The van der Waals surface area contributed by atoms with E-state index >= 15 is 0 Å². The van der Waals surface area contributed by atoms with Crippen LogP contribution in [0.3, 0.4) is 0 Å². The minimum absolute atomic E-state index is 0.955. The summed E-state index contributed by atoms with van der Waals surface area (Å²) in [7, 11) is 0. The molecule has 0 saturated heterocycles. The summed E-state index contributed by atoms with van der Waals surface area (Å²) in [6.07, 6.45) is 8.69. The lowest BCUT2D eigenvalue weighted by Crippen LogP contribution is -1.95. The third-order valence-corrected chi connectivity index (χ3v) is 8.10. The van der Waals surface area contributed by atoms with Crippen molar-refractivity contribution >= 4 is 49.1 Å². The van der Waals surface area contributed by atoms with Gasteiger partial charge in [-0.25, -0.2) is 4.98 Å². The highest BCUT2D eigenvalue weighted by molar-refractivity contribution is 6.22. The Morgan fingerprint density at radius 3 is 2.49 bits per heavy atom. The third kappa shape index (κ3) is 2.42. The Morgan fingerprint density at radius 1 is 0.649 bits per heavy atom. The number of imidazole rings is 1. The van der Waals surface area contributed by atoms with Crippen LogP contribution in [0.2, 0.25) is 0 Å². The van der Waals surface area contributed by atoms with Crippen molar-refractivity contribution in [1.29, 1.82) is 0 Å². The maximum Gasteiger partial charge on any atom is 0.145 e. The van der Waals surface area contributed by atoms with Gasteiger partial charge in [-0.05, 0) is 70.5 Å². The molecule has 4 nitrogen and oxygen atoms in total. The molecule has 0 bridgehead atoms. The number of pyridine rings is 2. The summed E-state index contributed by atoms with van der Waals surface area (Å²) in [5.74, 6) is 0. The van der Waals surface area contributed by atoms with E-state index in [1.807, 2.05) is 24.8 Å². The summed E-state index contributed by atoms with van der Waals surface area (Å²) >= 11 is 0. The van der Waals surface area contributed by atoms with E-state index < -0.39 is 0 Å². The molecule has 8 aromatic rings. The van der Waals surface area contributed by atoms with E-state index in [0.717, 1.165) is 23.0 Å². The largest absolute Gasteiger partial charge is 0.309 e. The minimum Gasteiger partial charge on any atom is -0.309 e. The Hall–Kier alpha value is -4.96. The van der Waals surface area contributed by atoms with Gasteiger partial charge in [0.2, 0.25) is 0 Å².